The van der Waals surface area contributed by atoms with Crippen molar-refractivity contribution in [2.75, 3.05) is 6.54 Å². The van der Waals surface area contributed by atoms with Crippen LogP contribution in [0.1, 0.15) is 29.4 Å². The highest BCUT2D eigenvalue weighted by Crippen LogP contribution is 2.22. The number of hydrogen-bond donors (Lipinski definition) is 2. The van der Waals surface area contributed by atoms with E-state index in [0.29, 0.717) is 17.7 Å². The van der Waals surface area contributed by atoms with Gasteiger partial charge in [-0.05, 0) is 18.6 Å². The topological polar surface area (TPSA) is 90.7 Å². The maximum atomic E-state index is 12.4. The van der Waals surface area contributed by atoms with E-state index in [2.05, 4.69) is 4.98 Å². The average Bonchev–Trinajstić information content (AvgIpc) is 2.79. The van der Waals surface area contributed by atoms with Gasteiger partial charge in [0.05, 0.1) is 6.10 Å². The third kappa shape index (κ3) is 2.91. The molecule has 1 aromatic rings. The Hall–Kier alpha value is -1.66. The first-order valence-corrected chi connectivity index (χ1v) is 6.68. The predicted octanol–water partition coefficient (Wildman–Crippen LogP) is 0.957. The second-order valence-corrected chi connectivity index (χ2v) is 5.11. The van der Waals surface area contributed by atoms with Gasteiger partial charge in [-0.3, -0.25) is 4.79 Å². The Labute approximate surface area is 121 Å². The molecule has 1 aliphatic heterocycles. The lowest BCUT2D eigenvalue weighted by Gasteiger charge is -2.21. The lowest BCUT2D eigenvalue weighted by molar-refractivity contribution is -0.141. The van der Waals surface area contributed by atoms with E-state index >= 15 is 0 Å². The lowest BCUT2D eigenvalue weighted by Crippen LogP contribution is -2.40. The normalized spacial score (nSPS) is 22.1. The van der Waals surface area contributed by atoms with Crippen molar-refractivity contribution in [1.29, 1.82) is 0 Å². The molecule has 0 radical (unpaired) electrons. The number of aliphatic carboxylic acids is 1. The Bertz CT molecular complexity index is 549. The minimum absolute atomic E-state index is 0.0111. The SMILES string of the molecule is CCc1cc(C(=O)N2C[C@H](O)C[C@H]2C(=O)O)cc(Cl)n1. The number of carbonyl (C=O) groups is 2. The molecule has 108 valence electrons. The Balaban J connectivity index is 2.30. The minimum Gasteiger partial charge on any atom is -0.480 e. The summed E-state index contributed by atoms with van der Waals surface area (Å²) in [7, 11) is 0. The van der Waals surface area contributed by atoms with Crippen LogP contribution in [0.15, 0.2) is 12.1 Å². The van der Waals surface area contributed by atoms with E-state index in [1.807, 2.05) is 6.92 Å². The van der Waals surface area contributed by atoms with Gasteiger partial charge in [0.2, 0.25) is 0 Å². The summed E-state index contributed by atoms with van der Waals surface area (Å²) in [6.07, 6.45) is -0.158. The number of halogens is 1. The molecule has 2 atom stereocenters. The highest BCUT2D eigenvalue weighted by Gasteiger charge is 2.39. The third-order valence-electron chi connectivity index (χ3n) is 3.28. The number of hydrogen-bond acceptors (Lipinski definition) is 4. The van der Waals surface area contributed by atoms with Gasteiger partial charge in [-0.2, -0.15) is 0 Å². The molecule has 1 amide bonds. The molecule has 1 aromatic heterocycles. The van der Waals surface area contributed by atoms with E-state index in [-0.39, 0.29) is 18.1 Å². The van der Waals surface area contributed by atoms with Crippen LogP contribution >= 0.6 is 11.6 Å². The summed E-state index contributed by atoms with van der Waals surface area (Å²) >= 11 is 5.86. The number of β-amino-alcohol motifs (C(OH)–C–C–N with tert-alkyl or cyclic N) is 1. The summed E-state index contributed by atoms with van der Waals surface area (Å²) in [5.41, 5.74) is 0.953. The molecule has 20 heavy (non-hydrogen) atoms. The first kappa shape index (κ1) is 14.7. The second-order valence-electron chi connectivity index (χ2n) is 4.72. The first-order valence-electron chi connectivity index (χ1n) is 6.30. The lowest BCUT2D eigenvalue weighted by atomic mass is 10.1. The van der Waals surface area contributed by atoms with Crippen LogP contribution in [0, 0.1) is 0 Å². The number of aryl methyl sites for hydroxylation is 1. The summed E-state index contributed by atoms with van der Waals surface area (Å²) in [5.74, 6) is -1.57. The molecule has 7 heteroatoms. The number of nitrogens with zero attached hydrogens (tertiary/aromatic N) is 2. The van der Waals surface area contributed by atoms with Crippen molar-refractivity contribution in [1.82, 2.24) is 9.88 Å². The van der Waals surface area contributed by atoms with E-state index in [4.69, 9.17) is 16.7 Å². The molecule has 1 fully saturated rings. The van der Waals surface area contributed by atoms with E-state index < -0.39 is 24.0 Å². The number of likely N-dealkylation sites (tertiary alicyclic amines) is 1. The van der Waals surface area contributed by atoms with Gasteiger partial charge in [-0.1, -0.05) is 18.5 Å². The molecule has 2 heterocycles. The van der Waals surface area contributed by atoms with Gasteiger partial charge in [0.1, 0.15) is 11.2 Å². The highest BCUT2D eigenvalue weighted by atomic mass is 35.5. The number of carbonyl (C=O) groups excluding carboxylic acids is 1. The van der Waals surface area contributed by atoms with Crippen molar-refractivity contribution in [3.63, 3.8) is 0 Å². The summed E-state index contributed by atoms with van der Waals surface area (Å²) < 4.78 is 0. The van der Waals surface area contributed by atoms with Crippen molar-refractivity contribution in [2.45, 2.75) is 31.9 Å². The molecule has 1 aliphatic rings. The van der Waals surface area contributed by atoms with E-state index in [1.165, 1.54) is 6.07 Å². The average molecular weight is 299 g/mol. The zero-order chi connectivity index (χ0) is 14.9. The molecule has 0 saturated carbocycles. The van der Waals surface area contributed by atoms with Crippen LogP contribution in [0.25, 0.3) is 0 Å². The summed E-state index contributed by atoms with van der Waals surface area (Å²) in [6.45, 7) is 1.89. The molecule has 0 aromatic carbocycles. The Kier molecular flexibility index (Phi) is 4.25. The molecule has 1 saturated heterocycles. The van der Waals surface area contributed by atoms with Crippen LogP contribution in [-0.2, 0) is 11.2 Å². The number of aliphatic hydroxyl groups excluding tert-OH is 1. The van der Waals surface area contributed by atoms with Gasteiger partial charge in [-0.25, -0.2) is 9.78 Å². The molecule has 0 unspecified atom stereocenters. The van der Waals surface area contributed by atoms with Gasteiger partial charge in [0.25, 0.3) is 5.91 Å². The maximum absolute atomic E-state index is 12.4. The van der Waals surface area contributed by atoms with Crippen molar-refractivity contribution in [2.24, 2.45) is 0 Å². The van der Waals surface area contributed by atoms with Crippen LogP contribution in [0.5, 0.6) is 0 Å². The van der Waals surface area contributed by atoms with Gasteiger partial charge in [-0.15, -0.1) is 0 Å². The third-order valence-corrected chi connectivity index (χ3v) is 3.47. The molecular formula is C13H15ClN2O4. The van der Waals surface area contributed by atoms with Crippen molar-refractivity contribution in [3.05, 3.63) is 28.5 Å². The van der Waals surface area contributed by atoms with Crippen LogP contribution in [0.4, 0.5) is 0 Å². The standard InChI is InChI=1S/C13H15ClN2O4/c1-2-8-3-7(4-11(14)15-8)12(18)16-6-9(17)5-10(16)13(19)20/h3-4,9-10,17H,2,5-6H2,1H3,(H,19,20)/t9-,10+/m1/s1. The molecule has 0 spiro atoms. The largest absolute Gasteiger partial charge is 0.480 e. The van der Waals surface area contributed by atoms with Crippen LogP contribution in [-0.4, -0.2) is 50.7 Å². The monoisotopic (exact) mass is 298 g/mol. The molecule has 0 aliphatic carbocycles. The zero-order valence-electron chi connectivity index (χ0n) is 10.9. The van der Waals surface area contributed by atoms with Gasteiger partial charge in [0, 0.05) is 24.2 Å². The Morgan fingerprint density at radius 3 is 2.80 bits per heavy atom. The Morgan fingerprint density at radius 2 is 2.20 bits per heavy atom. The number of aliphatic hydroxyl groups is 1. The van der Waals surface area contributed by atoms with Crippen molar-refractivity contribution < 1.29 is 19.8 Å². The van der Waals surface area contributed by atoms with Gasteiger partial charge >= 0.3 is 5.97 Å². The summed E-state index contributed by atoms with van der Waals surface area (Å²) in [4.78, 5) is 28.8. The molecule has 0 bridgehead atoms. The van der Waals surface area contributed by atoms with Crippen LogP contribution in [0.2, 0.25) is 5.15 Å². The summed E-state index contributed by atoms with van der Waals surface area (Å²) in [5, 5.41) is 18.9. The number of aromatic nitrogens is 1. The minimum atomic E-state index is -1.12. The first-order chi connectivity index (χ1) is 9.42. The molecular weight excluding hydrogens is 284 g/mol. The quantitative estimate of drug-likeness (QED) is 0.811. The van der Waals surface area contributed by atoms with Crippen LogP contribution < -0.4 is 0 Å². The van der Waals surface area contributed by atoms with Crippen molar-refractivity contribution in [3.8, 4) is 0 Å². The summed E-state index contributed by atoms with van der Waals surface area (Å²) in [6, 6.07) is 2.00. The van der Waals surface area contributed by atoms with Gasteiger partial charge < -0.3 is 15.1 Å². The fourth-order valence-corrected chi connectivity index (χ4v) is 2.52. The van der Waals surface area contributed by atoms with E-state index in [0.717, 1.165) is 4.90 Å². The van der Waals surface area contributed by atoms with Gasteiger partial charge in [0.15, 0.2) is 0 Å². The second kappa shape index (κ2) is 5.76. The maximum Gasteiger partial charge on any atom is 0.326 e. The number of pyridine rings is 1. The zero-order valence-corrected chi connectivity index (χ0v) is 11.7. The highest BCUT2D eigenvalue weighted by molar-refractivity contribution is 6.29. The number of carboxylic acids is 1. The molecule has 6 nitrogen and oxygen atoms in total. The Morgan fingerprint density at radius 1 is 1.50 bits per heavy atom. The van der Waals surface area contributed by atoms with E-state index in [9.17, 15) is 14.7 Å². The number of carboxylic acid groups (broad SMARTS) is 1. The number of amides is 1. The van der Waals surface area contributed by atoms with E-state index in [1.54, 1.807) is 6.07 Å². The smallest absolute Gasteiger partial charge is 0.326 e. The fraction of sp³-hybridized carbons (Fsp3) is 0.462. The fourth-order valence-electron chi connectivity index (χ4n) is 2.29. The molecule has 2 rings (SSSR count). The molecule has 2 N–H and O–H groups in total. The van der Waals surface area contributed by atoms with Crippen LogP contribution in [0.3, 0.4) is 0 Å². The van der Waals surface area contributed by atoms with Crippen molar-refractivity contribution >= 4 is 23.5 Å². The number of rotatable bonds is 3. The predicted molar refractivity (Wildman–Crippen MR) is 71.7 cm³/mol.